The quantitative estimate of drug-likeness (QED) is 0.439. The second kappa shape index (κ2) is 10.5. The van der Waals surface area contributed by atoms with Crippen LogP contribution in [0.15, 0.2) is 57.6 Å². The minimum atomic E-state index is -3.74. The van der Waals surface area contributed by atoms with E-state index in [1.54, 1.807) is 54.3 Å². The molecule has 1 heterocycles. The summed E-state index contributed by atoms with van der Waals surface area (Å²) in [6.45, 7) is 4.09. The molecule has 3 aromatic rings. The van der Waals surface area contributed by atoms with E-state index in [1.807, 2.05) is 24.4 Å². The number of nitrogens with zero attached hydrogens (tertiary/aromatic N) is 2. The van der Waals surface area contributed by atoms with Crippen LogP contribution in [-0.2, 0) is 15.8 Å². The number of aromatic nitrogens is 1. The molecule has 1 amide bonds. The third-order valence-electron chi connectivity index (χ3n) is 4.43. The zero-order valence-electron chi connectivity index (χ0n) is 18.3. The van der Waals surface area contributed by atoms with Crippen LogP contribution in [-0.4, -0.2) is 44.3 Å². The number of hydrogen-bond acceptors (Lipinski definition) is 7. The molecule has 32 heavy (non-hydrogen) atoms. The van der Waals surface area contributed by atoms with Crippen LogP contribution < -0.4 is 10.1 Å². The van der Waals surface area contributed by atoms with E-state index in [1.165, 1.54) is 20.2 Å². The van der Waals surface area contributed by atoms with E-state index in [4.69, 9.17) is 4.74 Å². The number of rotatable bonds is 9. The van der Waals surface area contributed by atoms with E-state index in [2.05, 4.69) is 10.3 Å². The molecule has 0 aliphatic heterocycles. The Hall–Kier alpha value is -2.40. The molecule has 7 nitrogen and oxygen atoms in total. The molecular weight excluding hydrogens is 466 g/mol. The van der Waals surface area contributed by atoms with Crippen LogP contribution in [0.25, 0.3) is 0 Å². The number of thiazole rings is 1. The molecular formula is C22H25N3O4S3. The Bertz CT molecular complexity index is 1190. The Morgan fingerprint density at radius 3 is 2.50 bits per heavy atom. The van der Waals surface area contributed by atoms with Crippen molar-refractivity contribution >= 4 is 44.7 Å². The first kappa shape index (κ1) is 24.2. The summed E-state index contributed by atoms with van der Waals surface area (Å²) >= 11 is 3.28. The summed E-state index contributed by atoms with van der Waals surface area (Å²) in [5.41, 5.74) is 1.89. The minimum absolute atomic E-state index is 0.00572. The number of benzene rings is 2. The average Bonchev–Trinajstić information content (AvgIpc) is 3.18. The lowest BCUT2D eigenvalue weighted by atomic mass is 10.2. The zero-order valence-corrected chi connectivity index (χ0v) is 20.7. The molecule has 0 saturated carbocycles. The molecule has 1 aromatic heterocycles. The predicted molar refractivity (Wildman–Crippen MR) is 129 cm³/mol. The summed E-state index contributed by atoms with van der Waals surface area (Å²) in [5.74, 6) is 0.690. The molecule has 0 aliphatic rings. The second-order valence-electron chi connectivity index (χ2n) is 7.01. The Labute approximate surface area is 196 Å². The average molecular weight is 492 g/mol. The van der Waals surface area contributed by atoms with Gasteiger partial charge in [0.1, 0.15) is 10.6 Å². The maximum atomic E-state index is 12.7. The fraction of sp³-hybridized carbons (Fsp3) is 0.273. The fourth-order valence-electron chi connectivity index (χ4n) is 2.80. The monoisotopic (exact) mass is 491 g/mol. The van der Waals surface area contributed by atoms with Gasteiger partial charge in [-0.2, -0.15) is 0 Å². The van der Waals surface area contributed by atoms with Crippen molar-refractivity contribution in [3.8, 4) is 5.75 Å². The predicted octanol–water partition coefficient (Wildman–Crippen LogP) is 4.65. The number of carbonyl (C=O) groups is 1. The van der Waals surface area contributed by atoms with Gasteiger partial charge in [0.15, 0.2) is 0 Å². The van der Waals surface area contributed by atoms with E-state index >= 15 is 0 Å². The molecule has 0 spiro atoms. The molecule has 0 atom stereocenters. The second-order valence-corrected chi connectivity index (χ2v) is 11.2. The van der Waals surface area contributed by atoms with Crippen LogP contribution in [0, 0.1) is 6.92 Å². The molecule has 3 rings (SSSR count). The summed E-state index contributed by atoms with van der Waals surface area (Å²) in [6.07, 6.45) is 0. The first-order chi connectivity index (χ1) is 15.2. The molecule has 0 saturated heterocycles. The number of amides is 1. The van der Waals surface area contributed by atoms with Crippen molar-refractivity contribution in [1.29, 1.82) is 0 Å². The highest BCUT2D eigenvalue weighted by Crippen LogP contribution is 2.30. The van der Waals surface area contributed by atoms with E-state index in [9.17, 15) is 13.2 Å². The maximum absolute atomic E-state index is 12.7. The van der Waals surface area contributed by atoms with Crippen LogP contribution in [0.5, 0.6) is 5.75 Å². The molecule has 0 bridgehead atoms. The Morgan fingerprint density at radius 1 is 1.19 bits per heavy atom. The highest BCUT2D eigenvalue weighted by molar-refractivity contribution is 7.98. The number of thioether (sulfide) groups is 1. The summed E-state index contributed by atoms with van der Waals surface area (Å²) in [7, 11) is -0.836. The molecule has 0 aliphatic carbocycles. The molecule has 0 radical (unpaired) electrons. The number of hydrogen-bond donors (Lipinski definition) is 1. The Kier molecular flexibility index (Phi) is 7.94. The Balaban J connectivity index is 1.72. The number of sulfonamides is 1. The lowest BCUT2D eigenvalue weighted by molar-refractivity contribution is 0.102. The van der Waals surface area contributed by atoms with E-state index in [-0.39, 0.29) is 16.6 Å². The van der Waals surface area contributed by atoms with E-state index in [0.717, 1.165) is 25.7 Å². The third kappa shape index (κ3) is 5.89. The van der Waals surface area contributed by atoms with Crippen LogP contribution in [0.2, 0.25) is 0 Å². The van der Waals surface area contributed by atoms with Crippen molar-refractivity contribution in [2.45, 2.75) is 29.4 Å². The molecule has 0 fully saturated rings. The SMILES string of the molecule is CCOc1ccc(NC(=O)c2ccc(SCc3csc(C)n3)cc2)cc1S(=O)(=O)N(C)C. The number of carbonyl (C=O) groups excluding carboxylic acids is 1. The lowest BCUT2D eigenvalue weighted by Crippen LogP contribution is -2.23. The van der Waals surface area contributed by atoms with Crippen molar-refractivity contribution in [2.75, 3.05) is 26.0 Å². The normalized spacial score (nSPS) is 11.5. The third-order valence-corrected chi connectivity index (χ3v) is 8.13. The molecule has 1 N–H and O–H groups in total. The smallest absolute Gasteiger partial charge is 0.255 e. The first-order valence-electron chi connectivity index (χ1n) is 9.85. The number of anilines is 1. The zero-order chi connectivity index (χ0) is 23.3. The summed E-state index contributed by atoms with van der Waals surface area (Å²) in [5, 5.41) is 5.86. The van der Waals surface area contributed by atoms with Crippen molar-refractivity contribution in [2.24, 2.45) is 0 Å². The fourth-order valence-corrected chi connectivity index (χ4v) is 5.36. The van der Waals surface area contributed by atoms with Crippen molar-refractivity contribution in [3.05, 3.63) is 64.1 Å². The van der Waals surface area contributed by atoms with Crippen LogP contribution in [0.4, 0.5) is 5.69 Å². The largest absolute Gasteiger partial charge is 0.492 e. The van der Waals surface area contributed by atoms with E-state index < -0.39 is 10.0 Å². The van der Waals surface area contributed by atoms with Crippen molar-refractivity contribution in [1.82, 2.24) is 9.29 Å². The van der Waals surface area contributed by atoms with Crippen LogP contribution >= 0.6 is 23.1 Å². The van der Waals surface area contributed by atoms with Gasteiger partial charge in [0.05, 0.1) is 17.3 Å². The number of ether oxygens (including phenoxy) is 1. The first-order valence-corrected chi connectivity index (χ1v) is 13.2. The van der Waals surface area contributed by atoms with Gasteiger partial charge in [-0.25, -0.2) is 17.7 Å². The van der Waals surface area contributed by atoms with Gasteiger partial charge in [-0.15, -0.1) is 23.1 Å². The molecule has 2 aromatic carbocycles. The van der Waals surface area contributed by atoms with Gasteiger partial charge in [-0.05, 0) is 56.3 Å². The Morgan fingerprint density at radius 2 is 1.91 bits per heavy atom. The topological polar surface area (TPSA) is 88.6 Å². The highest BCUT2D eigenvalue weighted by Gasteiger charge is 2.23. The van der Waals surface area contributed by atoms with Gasteiger partial charge < -0.3 is 10.1 Å². The molecule has 10 heteroatoms. The summed E-state index contributed by atoms with van der Waals surface area (Å²) in [4.78, 5) is 18.2. The summed E-state index contributed by atoms with van der Waals surface area (Å²) < 4.78 is 31.9. The molecule has 170 valence electrons. The number of aryl methyl sites for hydroxylation is 1. The van der Waals surface area contributed by atoms with E-state index in [0.29, 0.717) is 17.9 Å². The number of nitrogens with one attached hydrogen (secondary N) is 1. The van der Waals surface area contributed by atoms with Crippen LogP contribution in [0.1, 0.15) is 28.0 Å². The summed E-state index contributed by atoms with van der Waals surface area (Å²) in [6, 6.07) is 11.9. The van der Waals surface area contributed by atoms with Gasteiger partial charge in [0.2, 0.25) is 10.0 Å². The van der Waals surface area contributed by atoms with Gasteiger partial charge in [0.25, 0.3) is 5.91 Å². The maximum Gasteiger partial charge on any atom is 0.255 e. The molecule has 0 unspecified atom stereocenters. The lowest BCUT2D eigenvalue weighted by Gasteiger charge is -2.16. The standard InChI is InChI=1S/C22H25N3O4S3/c1-5-29-20-11-8-17(12-21(20)32(27,28)25(3)4)24-22(26)16-6-9-19(10-7-16)31-14-18-13-30-15(2)23-18/h6-13H,5,14H2,1-4H3,(H,24,26). The van der Waals surface area contributed by atoms with Gasteiger partial charge in [-0.3, -0.25) is 4.79 Å². The highest BCUT2D eigenvalue weighted by atomic mass is 32.2. The van der Waals surface area contributed by atoms with Crippen molar-refractivity contribution < 1.29 is 17.9 Å². The van der Waals surface area contributed by atoms with Crippen LogP contribution in [0.3, 0.4) is 0 Å². The van der Waals surface area contributed by atoms with Gasteiger partial charge >= 0.3 is 0 Å². The van der Waals surface area contributed by atoms with Gasteiger partial charge in [0, 0.05) is 41.4 Å². The minimum Gasteiger partial charge on any atom is -0.492 e. The van der Waals surface area contributed by atoms with Crippen molar-refractivity contribution in [3.63, 3.8) is 0 Å². The van der Waals surface area contributed by atoms with Gasteiger partial charge in [-0.1, -0.05) is 0 Å².